The first-order valence-corrected chi connectivity index (χ1v) is 10.4. The first-order valence-electron chi connectivity index (χ1n) is 8.95. The van der Waals surface area contributed by atoms with Crippen LogP contribution in [-0.2, 0) is 14.3 Å². The maximum atomic E-state index is 12.6. The third-order valence-electron chi connectivity index (χ3n) is 6.52. The van der Waals surface area contributed by atoms with Crippen LogP contribution in [0.2, 0.25) is 0 Å². The zero-order chi connectivity index (χ0) is 17.6. The number of piperidine rings is 1. The molecule has 1 aliphatic heterocycles. The van der Waals surface area contributed by atoms with Gasteiger partial charge in [-0.25, -0.2) is 0 Å². The Labute approximate surface area is 146 Å². The molecule has 1 aliphatic carbocycles. The van der Waals surface area contributed by atoms with Crippen LogP contribution in [0.4, 0.5) is 0 Å². The summed E-state index contributed by atoms with van der Waals surface area (Å²) >= 11 is 0. The van der Waals surface area contributed by atoms with Gasteiger partial charge in [-0.2, -0.15) is 8.42 Å². The molecule has 24 heavy (non-hydrogen) atoms. The minimum absolute atomic E-state index is 0.165. The number of fused-ring (bicyclic) bond motifs is 1. The molecule has 1 saturated heterocycles. The van der Waals surface area contributed by atoms with E-state index in [0.29, 0.717) is 0 Å². The van der Waals surface area contributed by atoms with Crippen molar-refractivity contribution in [3.8, 4) is 0 Å². The molecule has 3 rings (SSSR count). The molecule has 0 spiro atoms. The average molecular weight is 353 g/mol. The van der Waals surface area contributed by atoms with E-state index in [1.165, 1.54) is 6.54 Å². The van der Waals surface area contributed by atoms with Crippen LogP contribution >= 0.6 is 0 Å². The highest BCUT2D eigenvalue weighted by molar-refractivity contribution is 7.86. The zero-order valence-corrected chi connectivity index (χ0v) is 16.1. The van der Waals surface area contributed by atoms with E-state index in [2.05, 4.69) is 20.9 Å². The molecule has 0 bridgehead atoms. The summed E-state index contributed by atoms with van der Waals surface area (Å²) in [4.78, 5) is 1.85. The van der Waals surface area contributed by atoms with Gasteiger partial charge in [0.05, 0.1) is 31.1 Å². The van der Waals surface area contributed by atoms with Gasteiger partial charge < -0.3 is 4.90 Å². The van der Waals surface area contributed by atoms with Gasteiger partial charge in [-0.15, -0.1) is 0 Å². The second-order valence-electron chi connectivity index (χ2n) is 8.48. The predicted octanol–water partition coefficient (Wildman–Crippen LogP) is 2.18. The van der Waals surface area contributed by atoms with Crippen LogP contribution < -0.4 is 4.90 Å². The Morgan fingerprint density at radius 3 is 2.46 bits per heavy atom. The molecule has 1 heterocycles. The smallest absolute Gasteiger partial charge is 0.297 e. The summed E-state index contributed by atoms with van der Waals surface area (Å²) in [6, 6.07) is 6.90. The Kier molecular flexibility index (Phi) is 4.56. The molecule has 4 nitrogen and oxygen atoms in total. The summed E-state index contributed by atoms with van der Waals surface area (Å²) in [7, 11) is -1.42. The molecule has 0 radical (unpaired) electrons. The SMILES string of the molecule is Cc1ccc(S(=O)(=O)O[C@H]2CC[C@]3(C)C[NH+](C)CC[C@@]3(C)C2)cc1. The highest BCUT2D eigenvalue weighted by atomic mass is 32.2. The third-order valence-corrected chi connectivity index (χ3v) is 7.90. The van der Waals surface area contributed by atoms with E-state index in [0.717, 1.165) is 37.8 Å². The number of likely N-dealkylation sites (tertiary alicyclic amines) is 1. The van der Waals surface area contributed by atoms with Crippen LogP contribution in [0.5, 0.6) is 0 Å². The summed E-state index contributed by atoms with van der Waals surface area (Å²) in [6.07, 6.45) is 3.63. The number of aryl methyl sites for hydroxylation is 1. The molecule has 5 heteroatoms. The molecular weight excluding hydrogens is 322 g/mol. The van der Waals surface area contributed by atoms with Crippen molar-refractivity contribution in [1.29, 1.82) is 0 Å². The van der Waals surface area contributed by atoms with Gasteiger partial charge in [-0.05, 0) is 43.7 Å². The van der Waals surface area contributed by atoms with E-state index < -0.39 is 10.1 Å². The van der Waals surface area contributed by atoms with Crippen molar-refractivity contribution < 1.29 is 17.5 Å². The van der Waals surface area contributed by atoms with E-state index in [-0.39, 0.29) is 21.8 Å². The van der Waals surface area contributed by atoms with Gasteiger partial charge in [0.25, 0.3) is 10.1 Å². The van der Waals surface area contributed by atoms with Crippen LogP contribution in [0.25, 0.3) is 0 Å². The molecule has 0 amide bonds. The molecule has 0 aromatic heterocycles. The highest BCUT2D eigenvalue weighted by Gasteiger charge is 2.54. The lowest BCUT2D eigenvalue weighted by Gasteiger charge is -2.55. The summed E-state index contributed by atoms with van der Waals surface area (Å²) in [6.45, 7) is 8.97. The van der Waals surface area contributed by atoms with E-state index in [9.17, 15) is 8.42 Å². The number of rotatable bonds is 3. The summed E-state index contributed by atoms with van der Waals surface area (Å²) in [5, 5.41) is 0. The van der Waals surface area contributed by atoms with Crippen molar-refractivity contribution in [1.82, 2.24) is 0 Å². The van der Waals surface area contributed by atoms with Crippen LogP contribution in [0.3, 0.4) is 0 Å². The lowest BCUT2D eigenvalue weighted by atomic mass is 9.54. The number of hydrogen-bond acceptors (Lipinski definition) is 3. The molecule has 1 N–H and O–H groups in total. The van der Waals surface area contributed by atoms with Crippen molar-refractivity contribution in [3.63, 3.8) is 0 Å². The van der Waals surface area contributed by atoms with Gasteiger partial charge in [0.1, 0.15) is 0 Å². The van der Waals surface area contributed by atoms with Gasteiger partial charge >= 0.3 is 0 Å². The zero-order valence-electron chi connectivity index (χ0n) is 15.3. The quantitative estimate of drug-likeness (QED) is 0.849. The van der Waals surface area contributed by atoms with Crippen LogP contribution in [-0.4, -0.2) is 34.7 Å². The lowest BCUT2D eigenvalue weighted by molar-refractivity contribution is -0.897. The normalized spacial score (nSPS) is 37.0. The van der Waals surface area contributed by atoms with Crippen molar-refractivity contribution in [2.45, 2.75) is 57.5 Å². The maximum absolute atomic E-state index is 12.6. The van der Waals surface area contributed by atoms with Crippen molar-refractivity contribution in [2.75, 3.05) is 20.1 Å². The molecule has 1 unspecified atom stereocenters. The minimum atomic E-state index is -3.68. The Morgan fingerprint density at radius 1 is 1.12 bits per heavy atom. The summed E-state index contributed by atoms with van der Waals surface area (Å²) in [5.74, 6) is 0. The molecule has 2 fully saturated rings. The minimum Gasteiger partial charge on any atom is -0.337 e. The van der Waals surface area contributed by atoms with Gasteiger partial charge in [0.2, 0.25) is 0 Å². The van der Waals surface area contributed by atoms with Crippen molar-refractivity contribution >= 4 is 10.1 Å². The summed E-state index contributed by atoms with van der Waals surface area (Å²) in [5.41, 5.74) is 1.49. The predicted molar refractivity (Wildman–Crippen MR) is 94.5 cm³/mol. The van der Waals surface area contributed by atoms with E-state index in [4.69, 9.17) is 4.18 Å². The topological polar surface area (TPSA) is 47.8 Å². The molecule has 1 aromatic carbocycles. The van der Waals surface area contributed by atoms with E-state index in [1.807, 2.05) is 19.1 Å². The molecular formula is C19H30NO3S+. The molecule has 4 atom stereocenters. The Morgan fingerprint density at radius 2 is 1.79 bits per heavy atom. The molecule has 1 aromatic rings. The number of nitrogens with one attached hydrogen (secondary N) is 1. The fourth-order valence-corrected chi connectivity index (χ4v) is 5.71. The molecule has 1 saturated carbocycles. The van der Waals surface area contributed by atoms with Crippen LogP contribution in [0.15, 0.2) is 29.2 Å². The fraction of sp³-hybridized carbons (Fsp3) is 0.684. The Bertz CT molecular complexity index is 700. The monoisotopic (exact) mass is 352 g/mol. The Hall–Kier alpha value is -0.910. The first-order chi connectivity index (χ1) is 11.1. The highest BCUT2D eigenvalue weighted by Crippen LogP contribution is 2.53. The second-order valence-corrected chi connectivity index (χ2v) is 10.1. The van der Waals surface area contributed by atoms with Gasteiger partial charge in [0.15, 0.2) is 0 Å². The number of quaternary nitrogens is 1. The van der Waals surface area contributed by atoms with Crippen molar-refractivity contribution in [2.24, 2.45) is 10.8 Å². The van der Waals surface area contributed by atoms with Crippen LogP contribution in [0, 0.1) is 17.8 Å². The molecule has 134 valence electrons. The van der Waals surface area contributed by atoms with Gasteiger partial charge in [-0.1, -0.05) is 31.5 Å². The maximum Gasteiger partial charge on any atom is 0.297 e. The van der Waals surface area contributed by atoms with Gasteiger partial charge in [0, 0.05) is 11.8 Å². The largest absolute Gasteiger partial charge is 0.337 e. The fourth-order valence-electron chi connectivity index (χ4n) is 4.60. The van der Waals surface area contributed by atoms with E-state index in [1.54, 1.807) is 17.0 Å². The standard InChI is InChI=1S/C19H29NO3S/c1-15-5-7-17(8-6-15)24(21,22)23-16-9-10-19(3)14-20(4)12-11-18(19,2)13-16/h5-8,16H,9-14H2,1-4H3/p+1/t16-,18-,19+/m0/s1. The lowest BCUT2D eigenvalue weighted by Crippen LogP contribution is -3.12. The number of benzene rings is 1. The first kappa shape index (κ1) is 17.9. The second kappa shape index (κ2) is 6.11. The Balaban J connectivity index is 1.75. The summed E-state index contributed by atoms with van der Waals surface area (Å²) < 4.78 is 30.8. The van der Waals surface area contributed by atoms with Gasteiger partial charge in [-0.3, -0.25) is 4.18 Å². The average Bonchev–Trinajstić information content (AvgIpc) is 2.49. The van der Waals surface area contributed by atoms with E-state index >= 15 is 0 Å². The van der Waals surface area contributed by atoms with Crippen molar-refractivity contribution in [3.05, 3.63) is 29.8 Å². The molecule has 2 aliphatic rings. The van der Waals surface area contributed by atoms with Crippen LogP contribution in [0.1, 0.15) is 45.1 Å². The number of hydrogen-bond donors (Lipinski definition) is 1. The third kappa shape index (κ3) is 3.26.